The molecule has 1 aliphatic rings. The van der Waals surface area contributed by atoms with Gasteiger partial charge in [-0.1, -0.05) is 24.6 Å². The lowest BCUT2D eigenvalue weighted by Gasteiger charge is -2.35. The minimum absolute atomic E-state index is 0.114. The Hall–Kier alpha value is -1.40. The highest BCUT2D eigenvalue weighted by molar-refractivity contribution is 7.89. The fourth-order valence-electron chi connectivity index (χ4n) is 2.58. The average Bonchev–Trinajstić information content (AvgIpc) is 2.54. The summed E-state index contributed by atoms with van der Waals surface area (Å²) in [4.78, 5) is 14.3. The highest BCUT2D eigenvalue weighted by Crippen LogP contribution is 2.26. The number of nitrogens with zero attached hydrogens (tertiary/aromatic N) is 2. The van der Waals surface area contributed by atoms with Crippen LogP contribution in [0.4, 0.5) is 0 Å². The summed E-state index contributed by atoms with van der Waals surface area (Å²) in [5.41, 5.74) is 0. The van der Waals surface area contributed by atoms with Gasteiger partial charge < -0.3 is 4.90 Å². The number of carbonyl (C=O) groups is 1. The van der Waals surface area contributed by atoms with Gasteiger partial charge in [0.15, 0.2) is 0 Å². The summed E-state index contributed by atoms with van der Waals surface area (Å²) in [6.45, 7) is 2.87. The van der Waals surface area contributed by atoms with Gasteiger partial charge in [-0.3, -0.25) is 4.79 Å². The lowest BCUT2D eigenvalue weighted by Crippen LogP contribution is -2.52. The minimum atomic E-state index is -3.61. The van der Waals surface area contributed by atoms with Gasteiger partial charge in [-0.25, -0.2) is 8.42 Å². The molecule has 0 aliphatic carbocycles. The molecule has 1 amide bonds. The van der Waals surface area contributed by atoms with Crippen LogP contribution < -0.4 is 0 Å². The SMILES string of the molecule is CCN(C)C(=O)C1CCCCN1S(=O)(=O)c1ccccc1. The molecule has 1 aliphatic heterocycles. The van der Waals surface area contributed by atoms with Gasteiger partial charge >= 0.3 is 0 Å². The fourth-order valence-corrected chi connectivity index (χ4v) is 4.25. The molecule has 0 N–H and O–H groups in total. The maximum atomic E-state index is 12.8. The molecule has 116 valence electrons. The van der Waals surface area contributed by atoms with Crippen molar-refractivity contribution in [1.29, 1.82) is 0 Å². The molecule has 1 heterocycles. The molecule has 0 bridgehead atoms. The van der Waals surface area contributed by atoms with Gasteiger partial charge in [0.2, 0.25) is 15.9 Å². The van der Waals surface area contributed by atoms with Crippen molar-refractivity contribution in [3.05, 3.63) is 30.3 Å². The first kappa shape index (κ1) is 16.0. The molecule has 21 heavy (non-hydrogen) atoms. The number of hydrogen-bond donors (Lipinski definition) is 0. The summed E-state index contributed by atoms with van der Waals surface area (Å²) in [7, 11) is -1.90. The van der Waals surface area contributed by atoms with Crippen LogP contribution in [0.25, 0.3) is 0 Å². The summed E-state index contributed by atoms with van der Waals surface area (Å²) in [5, 5.41) is 0. The monoisotopic (exact) mass is 310 g/mol. The van der Waals surface area contributed by atoms with E-state index in [9.17, 15) is 13.2 Å². The molecule has 2 rings (SSSR count). The van der Waals surface area contributed by atoms with Crippen LogP contribution in [-0.2, 0) is 14.8 Å². The van der Waals surface area contributed by atoms with E-state index in [1.54, 1.807) is 42.3 Å². The lowest BCUT2D eigenvalue weighted by molar-refractivity contribution is -0.134. The van der Waals surface area contributed by atoms with Gasteiger partial charge in [0.05, 0.1) is 4.90 Å². The van der Waals surface area contributed by atoms with E-state index in [1.807, 2.05) is 6.92 Å². The van der Waals surface area contributed by atoms with Crippen molar-refractivity contribution >= 4 is 15.9 Å². The Bertz CT molecular complexity index is 586. The number of piperidine rings is 1. The second-order valence-electron chi connectivity index (χ2n) is 5.29. The average molecular weight is 310 g/mol. The van der Waals surface area contributed by atoms with Gasteiger partial charge in [0.1, 0.15) is 6.04 Å². The number of rotatable bonds is 4. The van der Waals surface area contributed by atoms with Crippen LogP contribution in [-0.4, -0.2) is 49.7 Å². The molecule has 0 aromatic heterocycles. The largest absolute Gasteiger partial charge is 0.345 e. The van der Waals surface area contributed by atoms with Crippen LogP contribution in [0.15, 0.2) is 35.2 Å². The van der Waals surface area contributed by atoms with Crippen molar-refractivity contribution in [3.8, 4) is 0 Å². The Morgan fingerprint density at radius 3 is 2.57 bits per heavy atom. The third-order valence-corrected chi connectivity index (χ3v) is 5.86. The van der Waals surface area contributed by atoms with Crippen molar-refractivity contribution < 1.29 is 13.2 Å². The number of hydrogen-bond acceptors (Lipinski definition) is 3. The first-order chi connectivity index (χ1) is 9.98. The van der Waals surface area contributed by atoms with Crippen LogP contribution in [0.2, 0.25) is 0 Å². The summed E-state index contributed by atoms with van der Waals surface area (Å²) in [5.74, 6) is -0.114. The highest BCUT2D eigenvalue weighted by Gasteiger charge is 2.38. The Morgan fingerprint density at radius 1 is 1.29 bits per heavy atom. The van der Waals surface area contributed by atoms with E-state index in [0.29, 0.717) is 19.5 Å². The molecule has 0 radical (unpaired) electrons. The van der Waals surface area contributed by atoms with Gasteiger partial charge in [0, 0.05) is 20.1 Å². The van der Waals surface area contributed by atoms with Gasteiger partial charge in [-0.2, -0.15) is 4.31 Å². The van der Waals surface area contributed by atoms with E-state index in [2.05, 4.69) is 0 Å². The smallest absolute Gasteiger partial charge is 0.243 e. The van der Waals surface area contributed by atoms with Crippen molar-refractivity contribution in [3.63, 3.8) is 0 Å². The zero-order valence-electron chi connectivity index (χ0n) is 12.5. The van der Waals surface area contributed by atoms with E-state index >= 15 is 0 Å². The molecular formula is C15H22N2O3S. The molecule has 5 nitrogen and oxygen atoms in total. The molecule has 0 saturated carbocycles. The Morgan fingerprint density at radius 2 is 1.95 bits per heavy atom. The second-order valence-corrected chi connectivity index (χ2v) is 7.18. The van der Waals surface area contributed by atoms with Gasteiger partial charge in [0.25, 0.3) is 0 Å². The standard InChI is InChI=1S/C15H22N2O3S/c1-3-16(2)15(18)14-11-7-8-12-17(14)21(19,20)13-9-5-4-6-10-13/h4-6,9-10,14H,3,7-8,11-12H2,1-2H3. The number of amides is 1. The maximum Gasteiger partial charge on any atom is 0.243 e. The predicted octanol–water partition coefficient (Wildman–Crippen LogP) is 1.71. The number of sulfonamides is 1. The molecule has 1 aromatic carbocycles. The molecular weight excluding hydrogens is 288 g/mol. The van der Waals surface area contributed by atoms with E-state index in [1.165, 1.54) is 4.31 Å². The Balaban J connectivity index is 2.33. The zero-order chi connectivity index (χ0) is 15.5. The van der Waals surface area contributed by atoms with E-state index in [0.717, 1.165) is 12.8 Å². The second kappa shape index (κ2) is 6.58. The first-order valence-electron chi connectivity index (χ1n) is 7.30. The third-order valence-electron chi connectivity index (χ3n) is 3.94. The van der Waals surface area contributed by atoms with Crippen molar-refractivity contribution in [2.24, 2.45) is 0 Å². The van der Waals surface area contributed by atoms with Gasteiger partial charge in [-0.05, 0) is 31.9 Å². The van der Waals surface area contributed by atoms with Gasteiger partial charge in [-0.15, -0.1) is 0 Å². The molecule has 1 atom stereocenters. The lowest BCUT2D eigenvalue weighted by atomic mass is 10.0. The molecule has 6 heteroatoms. The summed E-state index contributed by atoms with van der Waals surface area (Å²) >= 11 is 0. The summed E-state index contributed by atoms with van der Waals surface area (Å²) < 4.78 is 26.9. The van der Waals surface area contributed by atoms with E-state index in [-0.39, 0.29) is 10.8 Å². The molecule has 1 saturated heterocycles. The van der Waals surface area contributed by atoms with Crippen molar-refractivity contribution in [2.75, 3.05) is 20.1 Å². The van der Waals surface area contributed by atoms with Crippen LogP contribution in [0.1, 0.15) is 26.2 Å². The van der Waals surface area contributed by atoms with Crippen molar-refractivity contribution in [2.45, 2.75) is 37.1 Å². The van der Waals surface area contributed by atoms with Crippen LogP contribution in [0, 0.1) is 0 Å². The van der Waals surface area contributed by atoms with Crippen molar-refractivity contribution in [1.82, 2.24) is 9.21 Å². The van der Waals surface area contributed by atoms with E-state index in [4.69, 9.17) is 0 Å². The minimum Gasteiger partial charge on any atom is -0.345 e. The number of carbonyl (C=O) groups excluding carboxylic acids is 1. The number of likely N-dealkylation sites (N-methyl/N-ethyl adjacent to an activating group) is 1. The third kappa shape index (κ3) is 3.27. The molecule has 1 unspecified atom stereocenters. The molecule has 1 aromatic rings. The fraction of sp³-hybridized carbons (Fsp3) is 0.533. The summed E-state index contributed by atoms with van der Waals surface area (Å²) in [6.07, 6.45) is 2.27. The molecule has 0 spiro atoms. The zero-order valence-corrected chi connectivity index (χ0v) is 13.3. The van der Waals surface area contributed by atoms with E-state index < -0.39 is 16.1 Å². The van der Waals surface area contributed by atoms with Crippen LogP contribution in [0.5, 0.6) is 0 Å². The Kier molecular flexibility index (Phi) is 5.00. The predicted molar refractivity (Wildman–Crippen MR) is 81.3 cm³/mol. The normalized spacial score (nSPS) is 20.2. The number of benzene rings is 1. The Labute approximate surface area is 126 Å². The first-order valence-corrected chi connectivity index (χ1v) is 8.74. The highest BCUT2D eigenvalue weighted by atomic mass is 32.2. The maximum absolute atomic E-state index is 12.8. The topological polar surface area (TPSA) is 57.7 Å². The summed E-state index contributed by atoms with van der Waals surface area (Å²) in [6, 6.07) is 7.76. The quantitative estimate of drug-likeness (QED) is 0.850. The molecule has 1 fully saturated rings. The van der Waals surface area contributed by atoms with Crippen LogP contribution in [0.3, 0.4) is 0 Å². The van der Waals surface area contributed by atoms with Crippen LogP contribution >= 0.6 is 0 Å².